The van der Waals surface area contributed by atoms with Crippen LogP contribution < -0.4 is 16.1 Å². The number of alkyl halides is 3. The molecule has 3 rings (SSSR count). The first-order valence-corrected chi connectivity index (χ1v) is 16.2. The highest BCUT2D eigenvalue weighted by Gasteiger charge is 2.35. The van der Waals surface area contributed by atoms with Gasteiger partial charge in [-0.1, -0.05) is 72.9 Å². The van der Waals surface area contributed by atoms with Crippen LogP contribution in [0.25, 0.3) is 16.8 Å². The van der Waals surface area contributed by atoms with Crippen molar-refractivity contribution in [3.8, 4) is 0 Å². The van der Waals surface area contributed by atoms with Crippen LogP contribution in [0, 0.1) is 11.3 Å². The minimum Gasteiger partial charge on any atom is -0.460 e. The van der Waals surface area contributed by atoms with Gasteiger partial charge in [0.15, 0.2) is 0 Å². The molecule has 1 saturated heterocycles. The van der Waals surface area contributed by atoms with Gasteiger partial charge in [-0.15, -0.1) is 0 Å². The number of fused-ring (bicyclic) bond motifs is 1. The predicted molar refractivity (Wildman–Crippen MR) is 179 cm³/mol. The molecule has 46 heavy (non-hydrogen) atoms. The molecule has 0 spiro atoms. The summed E-state index contributed by atoms with van der Waals surface area (Å²) in [5.74, 6) is -2.30. The number of aromatic nitrogens is 1. The van der Waals surface area contributed by atoms with Gasteiger partial charge < -0.3 is 20.5 Å². The molecule has 0 aliphatic carbocycles. The number of benzene rings is 1. The van der Waals surface area contributed by atoms with E-state index < -0.39 is 57.8 Å². The average molecular weight is 699 g/mol. The predicted octanol–water partition coefficient (Wildman–Crippen LogP) is 4.38. The molecule has 0 bridgehead atoms. The van der Waals surface area contributed by atoms with Crippen molar-refractivity contribution in [3.05, 3.63) is 47.8 Å². The molecule has 2 aromatic rings. The molecule has 252 valence electrons. The van der Waals surface area contributed by atoms with Crippen LogP contribution in [0.1, 0.15) is 71.7 Å². The zero-order chi connectivity index (χ0) is 34.4. The molecule has 1 aromatic carbocycles. The first-order valence-electron chi connectivity index (χ1n) is 15.1. The SMILES string of the molecule is CC(NC(=O)C(NC(=O)C(C)(C)/C=C/c1ccc2cnc([C@@H](C)O)cc2c1)C(C)C)C(=O)N1CCCC(C(=O)OCC(Cl)(Cl)Cl)N1. The zero-order valence-corrected chi connectivity index (χ0v) is 29.0. The van der Waals surface area contributed by atoms with Gasteiger partial charge in [-0.25, -0.2) is 5.43 Å². The number of halogens is 3. The van der Waals surface area contributed by atoms with Crippen molar-refractivity contribution in [2.75, 3.05) is 13.2 Å². The Morgan fingerprint density at radius 3 is 2.43 bits per heavy atom. The van der Waals surface area contributed by atoms with Crippen molar-refractivity contribution in [3.63, 3.8) is 0 Å². The summed E-state index contributed by atoms with van der Waals surface area (Å²) in [4.78, 5) is 56.5. The van der Waals surface area contributed by atoms with E-state index in [0.717, 1.165) is 16.3 Å². The second-order valence-corrected chi connectivity index (χ2v) is 14.9. The van der Waals surface area contributed by atoms with Gasteiger partial charge in [-0.05, 0) is 69.5 Å². The maximum absolute atomic E-state index is 13.4. The highest BCUT2D eigenvalue weighted by atomic mass is 35.6. The smallest absolute Gasteiger partial charge is 0.325 e. The number of pyridine rings is 1. The summed E-state index contributed by atoms with van der Waals surface area (Å²) in [5.41, 5.74) is 3.27. The second kappa shape index (κ2) is 15.8. The molecule has 0 radical (unpaired) electrons. The molecule has 11 nitrogen and oxygen atoms in total. The molecule has 3 unspecified atom stereocenters. The number of hydrogen-bond donors (Lipinski definition) is 4. The molecule has 1 aromatic heterocycles. The van der Waals surface area contributed by atoms with Crippen LogP contribution in [0.3, 0.4) is 0 Å². The van der Waals surface area contributed by atoms with Crippen molar-refractivity contribution in [1.82, 2.24) is 26.1 Å². The monoisotopic (exact) mass is 697 g/mol. The molecule has 4 atom stereocenters. The normalized spacial score (nSPS) is 17.9. The fraction of sp³-hybridized carbons (Fsp3) is 0.531. The van der Waals surface area contributed by atoms with Gasteiger partial charge in [0.05, 0.1) is 17.2 Å². The number of aliphatic hydroxyl groups is 1. The standard InChI is InChI=1S/C32H42Cl3N5O6/c1-18(2)26(27(42)37-19(3)28(43)40-13-7-8-24(39-40)29(44)46-17-32(33,34)35)38-30(45)31(5,6)12-11-21-9-10-22-16-36-25(20(4)41)15-23(22)14-21/h9-12,14-16,18-20,24,26,39,41H,7-8,13,17H2,1-6H3,(H,37,42)(H,38,45)/b12-11+/t19?,20-,24?,26?/m1/s1. The number of hydrogen-bond acceptors (Lipinski definition) is 8. The Labute approximate surface area is 284 Å². The summed E-state index contributed by atoms with van der Waals surface area (Å²) >= 11 is 17.0. The van der Waals surface area contributed by atoms with E-state index in [1.165, 1.54) is 11.9 Å². The third kappa shape index (κ3) is 10.5. The quantitative estimate of drug-likeness (QED) is 0.200. The van der Waals surface area contributed by atoms with Crippen LogP contribution in [0.2, 0.25) is 0 Å². The molecule has 3 amide bonds. The molecular weight excluding hydrogens is 657 g/mol. The number of rotatable bonds is 11. The topological polar surface area (TPSA) is 150 Å². The van der Waals surface area contributed by atoms with E-state index >= 15 is 0 Å². The Balaban J connectivity index is 1.62. The lowest BCUT2D eigenvalue weighted by Crippen LogP contribution is -2.61. The summed E-state index contributed by atoms with van der Waals surface area (Å²) in [6.45, 7) is 10.1. The minimum atomic E-state index is -1.76. The largest absolute Gasteiger partial charge is 0.460 e. The summed E-state index contributed by atoms with van der Waals surface area (Å²) in [6.07, 6.45) is 5.54. The van der Waals surface area contributed by atoms with Gasteiger partial charge in [-0.3, -0.25) is 29.2 Å². The average Bonchev–Trinajstić information content (AvgIpc) is 2.99. The van der Waals surface area contributed by atoms with E-state index in [-0.39, 0.29) is 11.8 Å². The second-order valence-electron chi connectivity index (χ2n) is 12.4. The van der Waals surface area contributed by atoms with Gasteiger partial charge in [0.2, 0.25) is 15.6 Å². The Kier molecular flexibility index (Phi) is 12.8. The molecule has 2 heterocycles. The fourth-order valence-electron chi connectivity index (χ4n) is 4.72. The Morgan fingerprint density at radius 2 is 1.80 bits per heavy atom. The highest BCUT2D eigenvalue weighted by molar-refractivity contribution is 6.67. The van der Waals surface area contributed by atoms with Crippen LogP contribution >= 0.6 is 34.8 Å². The maximum Gasteiger partial charge on any atom is 0.325 e. The van der Waals surface area contributed by atoms with E-state index in [0.29, 0.717) is 25.1 Å². The first-order chi connectivity index (χ1) is 21.4. The van der Waals surface area contributed by atoms with Crippen molar-refractivity contribution in [2.24, 2.45) is 11.3 Å². The molecule has 14 heteroatoms. The zero-order valence-electron chi connectivity index (χ0n) is 26.8. The molecule has 1 aliphatic rings. The molecule has 4 N–H and O–H groups in total. The number of esters is 1. The maximum atomic E-state index is 13.4. The number of nitrogens with zero attached hydrogens (tertiary/aromatic N) is 2. The van der Waals surface area contributed by atoms with Crippen molar-refractivity contribution >= 4 is 75.3 Å². The van der Waals surface area contributed by atoms with Gasteiger partial charge in [0.25, 0.3) is 5.91 Å². The van der Waals surface area contributed by atoms with Crippen molar-refractivity contribution in [2.45, 2.75) is 82.4 Å². The lowest BCUT2D eigenvalue weighted by atomic mass is 9.89. The van der Waals surface area contributed by atoms with Gasteiger partial charge in [0, 0.05) is 18.1 Å². The minimum absolute atomic E-state index is 0.284. The number of amides is 3. The summed E-state index contributed by atoms with van der Waals surface area (Å²) in [6, 6.07) is 4.91. The van der Waals surface area contributed by atoms with E-state index in [4.69, 9.17) is 39.5 Å². The molecule has 1 aliphatic heterocycles. The van der Waals surface area contributed by atoms with Crippen LogP contribution in [0.15, 0.2) is 36.5 Å². The molecular formula is C32H42Cl3N5O6. The van der Waals surface area contributed by atoms with E-state index in [1.54, 1.807) is 46.9 Å². The van der Waals surface area contributed by atoms with Gasteiger partial charge >= 0.3 is 5.97 Å². The highest BCUT2D eigenvalue weighted by Crippen LogP contribution is 2.27. The lowest BCUT2D eigenvalue weighted by molar-refractivity contribution is -0.152. The fourth-order valence-corrected chi connectivity index (χ4v) is 4.88. The Bertz CT molecular complexity index is 1460. The molecule has 1 fully saturated rings. The van der Waals surface area contributed by atoms with Crippen molar-refractivity contribution in [1.29, 1.82) is 0 Å². The van der Waals surface area contributed by atoms with Gasteiger partial charge in [0.1, 0.15) is 24.7 Å². The number of carbonyl (C=O) groups excluding carboxylic acids is 4. The third-order valence-electron chi connectivity index (χ3n) is 7.55. The number of ether oxygens (including phenoxy) is 1. The number of nitrogens with one attached hydrogen (secondary N) is 3. The number of carbonyl (C=O) groups is 4. The van der Waals surface area contributed by atoms with Crippen LogP contribution in [0.4, 0.5) is 0 Å². The Morgan fingerprint density at radius 1 is 1.11 bits per heavy atom. The van der Waals surface area contributed by atoms with E-state index in [9.17, 15) is 24.3 Å². The van der Waals surface area contributed by atoms with Gasteiger partial charge in [-0.2, -0.15) is 0 Å². The first kappa shape index (κ1) is 37.5. The summed E-state index contributed by atoms with van der Waals surface area (Å²) < 4.78 is 3.27. The summed E-state index contributed by atoms with van der Waals surface area (Å²) in [7, 11) is 0. The van der Waals surface area contributed by atoms with Crippen LogP contribution in [-0.2, 0) is 23.9 Å². The lowest BCUT2D eigenvalue weighted by Gasteiger charge is -2.35. The third-order valence-corrected chi connectivity index (χ3v) is 7.88. The number of hydrazine groups is 1. The Hall–Kier alpha value is -2.96. The summed E-state index contributed by atoms with van der Waals surface area (Å²) in [5, 5.41) is 18.5. The number of aliphatic hydroxyl groups excluding tert-OH is 1. The van der Waals surface area contributed by atoms with Crippen LogP contribution in [-0.4, -0.2) is 73.9 Å². The van der Waals surface area contributed by atoms with E-state index in [2.05, 4.69) is 21.0 Å². The van der Waals surface area contributed by atoms with Crippen LogP contribution in [0.5, 0.6) is 0 Å². The molecule has 0 saturated carbocycles. The van der Waals surface area contributed by atoms with E-state index in [1.807, 2.05) is 30.3 Å². The van der Waals surface area contributed by atoms with Crippen molar-refractivity contribution < 1.29 is 29.0 Å².